The standard InChI is InChI=1S/C23H16FN3/c24-17-12-10-16(11-13-17)23-22(18-8-4-5-9-19(18)25-23)21-14-20(26-27-21)15-6-2-1-3-7-15/h1-14,25H,(H,26,27). The first kappa shape index (κ1) is 15.6. The van der Waals surface area contributed by atoms with E-state index in [4.69, 9.17) is 0 Å². The van der Waals surface area contributed by atoms with E-state index in [1.165, 1.54) is 12.1 Å². The van der Waals surface area contributed by atoms with Crippen LogP contribution in [0.15, 0.2) is 84.9 Å². The van der Waals surface area contributed by atoms with Gasteiger partial charge in [-0.3, -0.25) is 5.10 Å². The summed E-state index contributed by atoms with van der Waals surface area (Å²) in [6.45, 7) is 0. The van der Waals surface area contributed by atoms with Crippen molar-refractivity contribution in [3.63, 3.8) is 0 Å². The van der Waals surface area contributed by atoms with Gasteiger partial charge in [-0.15, -0.1) is 0 Å². The third-order valence-electron chi connectivity index (χ3n) is 4.76. The Kier molecular flexibility index (Phi) is 3.61. The number of fused-ring (bicyclic) bond motifs is 1. The van der Waals surface area contributed by atoms with Crippen LogP contribution in [0.3, 0.4) is 0 Å². The monoisotopic (exact) mass is 353 g/mol. The van der Waals surface area contributed by atoms with Gasteiger partial charge in [-0.1, -0.05) is 48.5 Å². The second kappa shape index (κ2) is 6.25. The first-order valence-corrected chi connectivity index (χ1v) is 8.77. The van der Waals surface area contributed by atoms with Crippen LogP contribution >= 0.6 is 0 Å². The first-order valence-electron chi connectivity index (χ1n) is 8.77. The molecule has 0 aliphatic heterocycles. The Morgan fingerprint density at radius 1 is 0.741 bits per heavy atom. The Bertz CT molecular complexity index is 1220. The molecule has 0 aliphatic rings. The van der Waals surface area contributed by atoms with E-state index in [0.717, 1.165) is 44.7 Å². The Hall–Kier alpha value is -3.66. The molecule has 0 radical (unpaired) electrons. The van der Waals surface area contributed by atoms with Crippen molar-refractivity contribution >= 4 is 10.9 Å². The Balaban J connectivity index is 1.72. The van der Waals surface area contributed by atoms with E-state index in [1.54, 1.807) is 12.1 Å². The molecule has 0 bridgehead atoms. The average Bonchev–Trinajstić information content (AvgIpc) is 3.34. The van der Waals surface area contributed by atoms with Crippen molar-refractivity contribution in [3.05, 3.63) is 90.7 Å². The van der Waals surface area contributed by atoms with Gasteiger partial charge >= 0.3 is 0 Å². The molecule has 0 spiro atoms. The number of benzene rings is 3. The Morgan fingerprint density at radius 2 is 1.48 bits per heavy atom. The molecule has 0 fully saturated rings. The summed E-state index contributed by atoms with van der Waals surface area (Å²) in [6.07, 6.45) is 0. The highest BCUT2D eigenvalue weighted by Gasteiger charge is 2.17. The van der Waals surface area contributed by atoms with Gasteiger partial charge in [0.1, 0.15) is 5.82 Å². The summed E-state index contributed by atoms with van der Waals surface area (Å²) in [5.41, 5.74) is 6.81. The number of H-pyrrole nitrogens is 2. The maximum absolute atomic E-state index is 13.4. The second-order valence-corrected chi connectivity index (χ2v) is 6.46. The number of hydrogen-bond acceptors (Lipinski definition) is 1. The number of nitrogens with zero attached hydrogens (tertiary/aromatic N) is 1. The Morgan fingerprint density at radius 3 is 2.30 bits per heavy atom. The van der Waals surface area contributed by atoms with E-state index in [0.29, 0.717) is 0 Å². The molecule has 2 heterocycles. The molecular weight excluding hydrogens is 337 g/mol. The molecule has 27 heavy (non-hydrogen) atoms. The predicted octanol–water partition coefficient (Wildman–Crippen LogP) is 6.03. The molecule has 0 amide bonds. The van der Waals surface area contributed by atoms with Crippen LogP contribution in [0.1, 0.15) is 0 Å². The number of aromatic amines is 2. The summed E-state index contributed by atoms with van der Waals surface area (Å²) in [6, 6.07) is 26.8. The van der Waals surface area contributed by atoms with Gasteiger partial charge in [-0.25, -0.2) is 4.39 Å². The van der Waals surface area contributed by atoms with Crippen molar-refractivity contribution in [2.45, 2.75) is 0 Å². The van der Waals surface area contributed by atoms with E-state index in [2.05, 4.69) is 27.3 Å². The fourth-order valence-corrected chi connectivity index (χ4v) is 3.46. The minimum absolute atomic E-state index is 0.246. The molecule has 0 unspecified atom stereocenters. The summed E-state index contributed by atoms with van der Waals surface area (Å²) < 4.78 is 13.4. The molecule has 5 aromatic rings. The zero-order chi connectivity index (χ0) is 18.2. The highest BCUT2D eigenvalue weighted by atomic mass is 19.1. The third-order valence-corrected chi connectivity index (χ3v) is 4.76. The number of aromatic nitrogens is 3. The quantitative estimate of drug-likeness (QED) is 0.408. The normalized spacial score (nSPS) is 11.1. The van der Waals surface area contributed by atoms with Crippen LogP contribution in [0, 0.1) is 5.82 Å². The maximum Gasteiger partial charge on any atom is 0.123 e. The Labute approximate surface area is 155 Å². The van der Waals surface area contributed by atoms with Crippen LogP contribution in [0.4, 0.5) is 4.39 Å². The lowest BCUT2D eigenvalue weighted by atomic mass is 10.0. The number of para-hydroxylation sites is 1. The highest BCUT2D eigenvalue weighted by Crippen LogP contribution is 2.38. The van der Waals surface area contributed by atoms with Gasteiger partial charge in [0.25, 0.3) is 0 Å². The second-order valence-electron chi connectivity index (χ2n) is 6.46. The minimum Gasteiger partial charge on any atom is -0.354 e. The molecule has 3 nitrogen and oxygen atoms in total. The van der Waals surface area contributed by atoms with E-state index in [-0.39, 0.29) is 5.82 Å². The largest absolute Gasteiger partial charge is 0.354 e. The molecular formula is C23H16FN3. The fourth-order valence-electron chi connectivity index (χ4n) is 3.46. The zero-order valence-corrected chi connectivity index (χ0v) is 14.4. The molecule has 4 heteroatoms. The minimum atomic E-state index is -0.246. The zero-order valence-electron chi connectivity index (χ0n) is 14.4. The number of halogens is 1. The van der Waals surface area contributed by atoms with Gasteiger partial charge in [0.2, 0.25) is 0 Å². The van der Waals surface area contributed by atoms with Gasteiger partial charge in [0.15, 0.2) is 0 Å². The summed E-state index contributed by atoms with van der Waals surface area (Å²) in [7, 11) is 0. The van der Waals surface area contributed by atoms with Crippen LogP contribution in [-0.4, -0.2) is 15.2 Å². The fraction of sp³-hybridized carbons (Fsp3) is 0. The summed E-state index contributed by atoms with van der Waals surface area (Å²) in [4.78, 5) is 3.48. The van der Waals surface area contributed by atoms with Gasteiger partial charge < -0.3 is 4.98 Å². The number of nitrogens with one attached hydrogen (secondary N) is 2. The highest BCUT2D eigenvalue weighted by molar-refractivity contribution is 6.03. The van der Waals surface area contributed by atoms with Gasteiger partial charge in [-0.2, -0.15) is 5.10 Å². The van der Waals surface area contributed by atoms with E-state index in [9.17, 15) is 4.39 Å². The van der Waals surface area contributed by atoms with E-state index >= 15 is 0 Å². The summed E-state index contributed by atoms with van der Waals surface area (Å²) in [5, 5.41) is 8.77. The lowest BCUT2D eigenvalue weighted by molar-refractivity contribution is 0.628. The van der Waals surface area contributed by atoms with Crippen molar-refractivity contribution < 1.29 is 4.39 Å². The topological polar surface area (TPSA) is 44.5 Å². The van der Waals surface area contributed by atoms with E-state index < -0.39 is 0 Å². The summed E-state index contributed by atoms with van der Waals surface area (Å²) >= 11 is 0. The van der Waals surface area contributed by atoms with Gasteiger partial charge in [-0.05, 0) is 42.0 Å². The molecule has 0 aliphatic carbocycles. The molecule has 2 N–H and O–H groups in total. The van der Waals surface area contributed by atoms with Crippen molar-refractivity contribution in [1.82, 2.24) is 15.2 Å². The van der Waals surface area contributed by atoms with Crippen LogP contribution in [0.2, 0.25) is 0 Å². The van der Waals surface area contributed by atoms with Crippen LogP contribution < -0.4 is 0 Å². The SMILES string of the molecule is Fc1ccc(-c2[nH]c3ccccc3c2-c2cc(-c3ccccc3)n[nH]2)cc1. The van der Waals surface area contributed by atoms with Crippen LogP contribution in [0.5, 0.6) is 0 Å². The molecule has 130 valence electrons. The van der Waals surface area contributed by atoms with Crippen LogP contribution in [0.25, 0.3) is 44.7 Å². The van der Waals surface area contributed by atoms with E-state index in [1.807, 2.05) is 48.5 Å². The van der Waals surface area contributed by atoms with Crippen molar-refractivity contribution in [1.29, 1.82) is 0 Å². The predicted molar refractivity (Wildman–Crippen MR) is 107 cm³/mol. The molecule has 0 atom stereocenters. The summed E-state index contributed by atoms with van der Waals surface area (Å²) in [5.74, 6) is -0.246. The lowest BCUT2D eigenvalue weighted by Gasteiger charge is -2.03. The maximum atomic E-state index is 13.4. The molecule has 0 saturated carbocycles. The van der Waals surface area contributed by atoms with Crippen molar-refractivity contribution in [2.24, 2.45) is 0 Å². The molecule has 0 saturated heterocycles. The van der Waals surface area contributed by atoms with Crippen molar-refractivity contribution in [2.75, 3.05) is 0 Å². The first-order chi connectivity index (χ1) is 13.3. The number of rotatable bonds is 3. The molecule has 3 aromatic carbocycles. The molecule has 5 rings (SSSR count). The lowest BCUT2D eigenvalue weighted by Crippen LogP contribution is -1.84. The van der Waals surface area contributed by atoms with Gasteiger partial charge in [0.05, 0.1) is 17.1 Å². The van der Waals surface area contributed by atoms with Crippen LogP contribution in [-0.2, 0) is 0 Å². The average molecular weight is 353 g/mol. The smallest absolute Gasteiger partial charge is 0.123 e. The van der Waals surface area contributed by atoms with Gasteiger partial charge in [0, 0.05) is 22.0 Å². The van der Waals surface area contributed by atoms with Crippen molar-refractivity contribution in [3.8, 4) is 33.8 Å². The number of hydrogen-bond donors (Lipinski definition) is 2. The third kappa shape index (κ3) is 2.72. The molecule has 2 aromatic heterocycles.